The monoisotopic (exact) mass is 277 g/mol. The van der Waals surface area contributed by atoms with Gasteiger partial charge in [0.25, 0.3) is 0 Å². The Morgan fingerprint density at radius 2 is 2.10 bits per heavy atom. The van der Waals surface area contributed by atoms with Gasteiger partial charge in [0.05, 0.1) is 5.56 Å². The molecule has 1 aliphatic rings. The van der Waals surface area contributed by atoms with Crippen molar-refractivity contribution in [1.29, 1.82) is 0 Å². The van der Waals surface area contributed by atoms with Crippen LogP contribution in [0.3, 0.4) is 0 Å². The molecule has 5 nitrogen and oxygen atoms in total. The lowest BCUT2D eigenvalue weighted by atomic mass is 9.96. The van der Waals surface area contributed by atoms with E-state index < -0.39 is 5.60 Å². The van der Waals surface area contributed by atoms with E-state index in [0.717, 1.165) is 11.1 Å². The van der Waals surface area contributed by atoms with Gasteiger partial charge in [-0.3, -0.25) is 4.79 Å². The molecule has 1 aliphatic heterocycles. The lowest BCUT2D eigenvalue weighted by Crippen LogP contribution is -2.39. The van der Waals surface area contributed by atoms with E-state index in [-0.39, 0.29) is 17.4 Å². The predicted molar refractivity (Wildman–Crippen MR) is 73.8 cm³/mol. The Morgan fingerprint density at radius 3 is 2.70 bits per heavy atom. The molecule has 1 N–H and O–H groups in total. The number of hydrogen-bond acceptors (Lipinski definition) is 4. The van der Waals surface area contributed by atoms with E-state index in [1.165, 1.54) is 0 Å². The van der Waals surface area contributed by atoms with Crippen LogP contribution in [-0.2, 0) is 17.7 Å². The SMILES string of the molecule is CC(C)(C)OC(=O)N1CCc2c(ccc(C=O)c2O)C1. The normalized spacial score (nSPS) is 14.7. The van der Waals surface area contributed by atoms with E-state index in [4.69, 9.17) is 4.74 Å². The molecule has 0 atom stereocenters. The maximum atomic E-state index is 12.0. The molecule has 20 heavy (non-hydrogen) atoms. The van der Waals surface area contributed by atoms with Crippen LogP contribution < -0.4 is 0 Å². The molecule has 1 heterocycles. The van der Waals surface area contributed by atoms with Crippen LogP contribution in [0, 0.1) is 0 Å². The summed E-state index contributed by atoms with van der Waals surface area (Å²) in [6, 6.07) is 3.34. The first-order valence-electron chi connectivity index (χ1n) is 6.58. The average molecular weight is 277 g/mol. The number of carbonyl (C=O) groups is 2. The molecule has 2 rings (SSSR count). The number of carbonyl (C=O) groups excluding carboxylic acids is 2. The standard InChI is InChI=1S/C15H19NO4/c1-15(2,3)20-14(19)16-7-6-12-10(8-16)4-5-11(9-17)13(12)18/h4-5,9,18H,6-8H2,1-3H3. The van der Waals surface area contributed by atoms with Crippen LogP contribution in [-0.4, -0.2) is 34.5 Å². The molecular formula is C15H19NO4. The lowest BCUT2D eigenvalue weighted by molar-refractivity contribution is 0.0223. The molecule has 0 bridgehead atoms. The smallest absolute Gasteiger partial charge is 0.410 e. The molecule has 0 fully saturated rings. The summed E-state index contributed by atoms with van der Waals surface area (Å²) in [6.07, 6.45) is 0.792. The fraction of sp³-hybridized carbons (Fsp3) is 0.467. The summed E-state index contributed by atoms with van der Waals surface area (Å²) in [5.41, 5.74) is 1.36. The summed E-state index contributed by atoms with van der Waals surface area (Å²) in [5.74, 6) is 0.0290. The van der Waals surface area contributed by atoms with Gasteiger partial charge in [0.2, 0.25) is 0 Å². The van der Waals surface area contributed by atoms with Gasteiger partial charge in [0.1, 0.15) is 11.4 Å². The minimum atomic E-state index is -0.527. The zero-order chi connectivity index (χ0) is 14.9. The van der Waals surface area contributed by atoms with Crippen molar-refractivity contribution >= 4 is 12.4 Å². The van der Waals surface area contributed by atoms with E-state index in [9.17, 15) is 14.7 Å². The maximum Gasteiger partial charge on any atom is 0.410 e. The van der Waals surface area contributed by atoms with Crippen LogP contribution in [0.1, 0.15) is 42.3 Å². The molecule has 5 heteroatoms. The van der Waals surface area contributed by atoms with Crippen molar-refractivity contribution in [2.24, 2.45) is 0 Å². The molecule has 0 saturated heterocycles. The quantitative estimate of drug-likeness (QED) is 0.801. The number of rotatable bonds is 1. The number of phenolic OH excluding ortho intramolecular Hbond substituents is 1. The van der Waals surface area contributed by atoms with Gasteiger partial charge in [-0.05, 0) is 38.8 Å². The van der Waals surface area contributed by atoms with Crippen molar-refractivity contribution < 1.29 is 19.4 Å². The number of fused-ring (bicyclic) bond motifs is 1. The van der Waals surface area contributed by atoms with E-state index in [1.807, 2.05) is 20.8 Å². The van der Waals surface area contributed by atoms with Crippen molar-refractivity contribution in [3.05, 3.63) is 28.8 Å². The molecule has 108 valence electrons. The fourth-order valence-corrected chi connectivity index (χ4v) is 2.23. The van der Waals surface area contributed by atoms with Crippen molar-refractivity contribution in [3.63, 3.8) is 0 Å². The summed E-state index contributed by atoms with van der Waals surface area (Å²) in [4.78, 5) is 24.4. The number of aromatic hydroxyl groups is 1. The Morgan fingerprint density at radius 1 is 1.40 bits per heavy atom. The molecule has 0 spiro atoms. The van der Waals surface area contributed by atoms with Crippen LogP contribution in [0.4, 0.5) is 4.79 Å². The Hall–Kier alpha value is -2.04. The third kappa shape index (κ3) is 2.92. The van der Waals surface area contributed by atoms with Gasteiger partial charge in [-0.1, -0.05) is 6.07 Å². The number of amides is 1. The van der Waals surface area contributed by atoms with Gasteiger partial charge < -0.3 is 14.7 Å². The van der Waals surface area contributed by atoms with E-state index in [0.29, 0.717) is 25.8 Å². The van der Waals surface area contributed by atoms with Crippen molar-refractivity contribution in [2.75, 3.05) is 6.54 Å². The van der Waals surface area contributed by atoms with Crippen LogP contribution in [0.15, 0.2) is 12.1 Å². The second kappa shape index (κ2) is 5.15. The molecule has 0 radical (unpaired) electrons. The highest BCUT2D eigenvalue weighted by Gasteiger charge is 2.27. The van der Waals surface area contributed by atoms with Gasteiger partial charge in [0.15, 0.2) is 6.29 Å². The van der Waals surface area contributed by atoms with Crippen molar-refractivity contribution in [2.45, 2.75) is 39.3 Å². The minimum Gasteiger partial charge on any atom is -0.507 e. The highest BCUT2D eigenvalue weighted by Crippen LogP contribution is 2.30. The summed E-state index contributed by atoms with van der Waals surface area (Å²) in [7, 11) is 0. The average Bonchev–Trinajstić information content (AvgIpc) is 2.37. The second-order valence-electron chi connectivity index (χ2n) is 5.91. The molecule has 0 unspecified atom stereocenters. The lowest BCUT2D eigenvalue weighted by Gasteiger charge is -2.31. The number of ether oxygens (including phenoxy) is 1. The first-order chi connectivity index (χ1) is 9.31. The summed E-state index contributed by atoms with van der Waals surface area (Å²) < 4.78 is 5.34. The molecule has 0 aliphatic carbocycles. The van der Waals surface area contributed by atoms with Gasteiger partial charge in [-0.2, -0.15) is 0 Å². The second-order valence-corrected chi connectivity index (χ2v) is 5.91. The first kappa shape index (κ1) is 14.4. The van der Waals surface area contributed by atoms with E-state index in [1.54, 1.807) is 17.0 Å². The van der Waals surface area contributed by atoms with Crippen LogP contribution in [0.2, 0.25) is 0 Å². The van der Waals surface area contributed by atoms with Gasteiger partial charge in [-0.25, -0.2) is 4.79 Å². The van der Waals surface area contributed by atoms with Crippen molar-refractivity contribution in [1.82, 2.24) is 4.90 Å². The number of phenols is 1. The van der Waals surface area contributed by atoms with Crippen molar-refractivity contribution in [3.8, 4) is 5.75 Å². The molecule has 1 aromatic carbocycles. The summed E-state index contributed by atoms with van der Waals surface area (Å²) in [6.45, 7) is 6.33. The number of benzene rings is 1. The third-order valence-corrected chi connectivity index (χ3v) is 3.18. The molecule has 0 saturated carbocycles. The summed E-state index contributed by atoms with van der Waals surface area (Å²) in [5, 5.41) is 9.98. The third-order valence-electron chi connectivity index (χ3n) is 3.18. The Labute approximate surface area is 118 Å². The zero-order valence-corrected chi connectivity index (χ0v) is 12.0. The Kier molecular flexibility index (Phi) is 3.70. The maximum absolute atomic E-state index is 12.0. The van der Waals surface area contributed by atoms with Gasteiger partial charge in [0, 0.05) is 18.7 Å². The Bertz CT molecular complexity index is 546. The number of nitrogens with zero attached hydrogens (tertiary/aromatic N) is 1. The Balaban J connectivity index is 2.18. The number of aldehydes is 1. The fourth-order valence-electron chi connectivity index (χ4n) is 2.23. The molecule has 1 aromatic rings. The van der Waals surface area contributed by atoms with E-state index >= 15 is 0 Å². The number of hydrogen-bond donors (Lipinski definition) is 1. The predicted octanol–water partition coefficient (Wildman–Crippen LogP) is 2.50. The van der Waals surface area contributed by atoms with E-state index in [2.05, 4.69) is 0 Å². The highest BCUT2D eigenvalue weighted by atomic mass is 16.6. The van der Waals surface area contributed by atoms with Gasteiger partial charge in [-0.15, -0.1) is 0 Å². The zero-order valence-electron chi connectivity index (χ0n) is 12.0. The molecular weight excluding hydrogens is 258 g/mol. The molecule has 1 amide bonds. The largest absolute Gasteiger partial charge is 0.507 e. The van der Waals surface area contributed by atoms with Crippen LogP contribution in [0.5, 0.6) is 5.75 Å². The highest BCUT2D eigenvalue weighted by molar-refractivity contribution is 5.80. The van der Waals surface area contributed by atoms with Gasteiger partial charge >= 0.3 is 6.09 Å². The van der Waals surface area contributed by atoms with Crippen LogP contribution in [0.25, 0.3) is 0 Å². The first-order valence-corrected chi connectivity index (χ1v) is 6.58. The molecule has 0 aromatic heterocycles. The minimum absolute atomic E-state index is 0.0290. The summed E-state index contributed by atoms with van der Waals surface area (Å²) >= 11 is 0. The topological polar surface area (TPSA) is 66.8 Å². The van der Waals surface area contributed by atoms with Crippen LogP contribution >= 0.6 is 0 Å².